The Morgan fingerprint density at radius 1 is 1.16 bits per heavy atom. The number of anilines is 1. The summed E-state index contributed by atoms with van der Waals surface area (Å²) in [5.74, 6) is -0.271. The maximum atomic E-state index is 12.9. The van der Waals surface area contributed by atoms with Crippen molar-refractivity contribution in [1.82, 2.24) is 10.1 Å². The highest BCUT2D eigenvalue weighted by atomic mass is 16.5. The fraction of sp³-hybridized carbons (Fsp3) is 0.217. The van der Waals surface area contributed by atoms with Gasteiger partial charge in [0, 0.05) is 25.1 Å². The quantitative estimate of drug-likeness (QED) is 0.638. The van der Waals surface area contributed by atoms with Crippen LogP contribution in [0.15, 0.2) is 59.1 Å². The summed E-state index contributed by atoms with van der Waals surface area (Å²) in [5, 5.41) is 6.28. The summed E-state index contributed by atoms with van der Waals surface area (Å²) in [6.45, 7) is 1.56. The van der Waals surface area contributed by atoms with Crippen molar-refractivity contribution < 1.29 is 23.6 Å². The summed E-state index contributed by atoms with van der Waals surface area (Å²) < 4.78 is 10.5. The van der Waals surface area contributed by atoms with E-state index in [1.165, 1.54) is 11.9 Å². The molecule has 0 fully saturated rings. The summed E-state index contributed by atoms with van der Waals surface area (Å²) in [6.07, 6.45) is 0.0723. The number of fused-ring (bicyclic) bond motifs is 1. The first-order valence-electron chi connectivity index (χ1n) is 9.78. The number of ether oxygens (including phenoxy) is 1. The van der Waals surface area contributed by atoms with Gasteiger partial charge in [-0.2, -0.15) is 0 Å². The minimum Gasteiger partial charge on any atom is -0.454 e. The van der Waals surface area contributed by atoms with Crippen molar-refractivity contribution in [3.8, 4) is 0 Å². The van der Waals surface area contributed by atoms with E-state index in [1.54, 1.807) is 31.2 Å². The van der Waals surface area contributed by atoms with Crippen LogP contribution < -0.4 is 5.32 Å². The Morgan fingerprint density at radius 3 is 2.65 bits per heavy atom. The monoisotopic (exact) mass is 419 g/mol. The average Bonchev–Trinajstić information content (AvgIpc) is 3.17. The van der Waals surface area contributed by atoms with E-state index in [2.05, 4.69) is 10.5 Å². The van der Waals surface area contributed by atoms with Crippen molar-refractivity contribution in [1.29, 1.82) is 0 Å². The molecule has 1 atom stereocenters. The number of rotatable bonds is 5. The van der Waals surface area contributed by atoms with Crippen LogP contribution in [0.1, 0.15) is 43.7 Å². The van der Waals surface area contributed by atoms with E-state index in [1.807, 2.05) is 30.3 Å². The Kier molecular flexibility index (Phi) is 5.53. The van der Waals surface area contributed by atoms with E-state index in [-0.39, 0.29) is 12.5 Å². The first kappa shape index (κ1) is 20.3. The van der Waals surface area contributed by atoms with Gasteiger partial charge in [0.15, 0.2) is 5.82 Å². The number of nitrogens with zero attached hydrogens (tertiary/aromatic N) is 2. The lowest BCUT2D eigenvalue weighted by Crippen LogP contribution is -2.35. The second-order valence-electron chi connectivity index (χ2n) is 7.41. The lowest BCUT2D eigenvalue weighted by Gasteiger charge is -2.25. The van der Waals surface area contributed by atoms with E-state index >= 15 is 0 Å². The number of cyclic esters (lactones) is 1. The SMILES string of the molecule is Cc1cc(NC(=O)CN(C)C(=O)c2ccc3c(c2)CC(c2ccccc2)OC3=O)no1. The Balaban J connectivity index is 1.47. The second kappa shape index (κ2) is 8.43. The number of amides is 2. The molecule has 0 saturated heterocycles. The summed E-state index contributed by atoms with van der Waals surface area (Å²) in [5.41, 5.74) is 2.49. The molecule has 0 radical (unpaired) electrons. The van der Waals surface area contributed by atoms with E-state index < -0.39 is 18.0 Å². The fourth-order valence-corrected chi connectivity index (χ4v) is 3.50. The molecule has 3 aromatic rings. The number of hydrogen-bond donors (Lipinski definition) is 1. The fourth-order valence-electron chi connectivity index (χ4n) is 3.50. The molecule has 0 bridgehead atoms. The smallest absolute Gasteiger partial charge is 0.339 e. The van der Waals surface area contributed by atoms with Crippen LogP contribution in [0.2, 0.25) is 0 Å². The molecular formula is C23H21N3O5. The Morgan fingerprint density at radius 2 is 1.94 bits per heavy atom. The summed E-state index contributed by atoms with van der Waals surface area (Å²) >= 11 is 0. The molecule has 2 aromatic carbocycles. The number of nitrogens with one attached hydrogen (secondary N) is 1. The molecule has 1 aromatic heterocycles. The normalized spacial score (nSPS) is 15.0. The number of hydrogen-bond acceptors (Lipinski definition) is 6. The number of carbonyl (C=O) groups is 3. The highest BCUT2D eigenvalue weighted by Gasteiger charge is 2.28. The highest BCUT2D eigenvalue weighted by molar-refractivity contribution is 6.00. The lowest BCUT2D eigenvalue weighted by molar-refractivity contribution is -0.116. The molecule has 158 valence electrons. The van der Waals surface area contributed by atoms with Crippen LogP contribution in [0, 0.1) is 6.92 Å². The summed E-state index contributed by atoms with van der Waals surface area (Å²) in [6, 6.07) is 15.9. The van der Waals surface area contributed by atoms with Gasteiger partial charge in [0.05, 0.1) is 12.1 Å². The Hall–Kier alpha value is -3.94. The lowest BCUT2D eigenvalue weighted by atomic mass is 9.93. The molecule has 8 heteroatoms. The largest absolute Gasteiger partial charge is 0.454 e. The minimum atomic E-state index is -0.412. The van der Waals surface area contributed by atoms with E-state index in [9.17, 15) is 14.4 Å². The van der Waals surface area contributed by atoms with Crippen LogP contribution in [0.3, 0.4) is 0 Å². The molecule has 2 heterocycles. The molecule has 4 rings (SSSR count). The zero-order chi connectivity index (χ0) is 22.0. The van der Waals surface area contributed by atoms with Gasteiger partial charge in [-0.05, 0) is 36.2 Å². The van der Waals surface area contributed by atoms with Gasteiger partial charge in [-0.3, -0.25) is 9.59 Å². The maximum Gasteiger partial charge on any atom is 0.339 e. The maximum absolute atomic E-state index is 12.9. The zero-order valence-electron chi connectivity index (χ0n) is 17.1. The molecule has 1 unspecified atom stereocenters. The van der Waals surface area contributed by atoms with Crippen molar-refractivity contribution in [2.75, 3.05) is 18.9 Å². The first-order valence-corrected chi connectivity index (χ1v) is 9.78. The van der Waals surface area contributed by atoms with Gasteiger partial charge in [-0.1, -0.05) is 35.5 Å². The predicted octanol–water partition coefficient (Wildman–Crippen LogP) is 3.15. The topological polar surface area (TPSA) is 102 Å². The van der Waals surface area contributed by atoms with Crippen LogP contribution in [-0.4, -0.2) is 41.4 Å². The van der Waals surface area contributed by atoms with Gasteiger partial charge in [0.1, 0.15) is 11.9 Å². The number of aryl methyl sites for hydroxylation is 1. The van der Waals surface area contributed by atoms with Crippen molar-refractivity contribution in [3.05, 3.63) is 82.6 Å². The summed E-state index contributed by atoms with van der Waals surface area (Å²) in [7, 11) is 1.54. The molecule has 0 spiro atoms. The van der Waals surface area contributed by atoms with Crippen molar-refractivity contribution in [3.63, 3.8) is 0 Å². The third kappa shape index (κ3) is 4.48. The standard InChI is InChI=1S/C23H21N3O5/c1-14-10-20(25-31-14)24-21(27)13-26(2)22(28)16-8-9-18-17(11-16)12-19(30-23(18)29)15-6-4-3-5-7-15/h3-11,19H,12-13H2,1-2H3,(H,24,25,27). The second-order valence-corrected chi connectivity index (χ2v) is 7.41. The van der Waals surface area contributed by atoms with E-state index in [0.717, 1.165) is 11.1 Å². The molecule has 1 aliphatic heterocycles. The average molecular weight is 419 g/mol. The number of carbonyl (C=O) groups excluding carboxylic acids is 3. The zero-order valence-corrected chi connectivity index (χ0v) is 17.1. The molecule has 31 heavy (non-hydrogen) atoms. The minimum absolute atomic E-state index is 0.156. The number of esters is 1. The molecule has 2 amide bonds. The third-order valence-electron chi connectivity index (χ3n) is 5.02. The molecule has 0 aliphatic carbocycles. The molecular weight excluding hydrogens is 398 g/mol. The van der Waals surface area contributed by atoms with Gasteiger partial charge in [-0.15, -0.1) is 0 Å². The van der Waals surface area contributed by atoms with E-state index in [4.69, 9.17) is 9.26 Å². The van der Waals surface area contributed by atoms with Crippen LogP contribution in [0.5, 0.6) is 0 Å². The van der Waals surface area contributed by atoms with Gasteiger partial charge < -0.3 is 19.5 Å². The van der Waals surface area contributed by atoms with Gasteiger partial charge in [0.2, 0.25) is 5.91 Å². The van der Waals surface area contributed by atoms with Crippen molar-refractivity contribution in [2.45, 2.75) is 19.4 Å². The molecule has 1 N–H and O–H groups in total. The van der Waals surface area contributed by atoms with Crippen LogP contribution >= 0.6 is 0 Å². The van der Waals surface area contributed by atoms with Gasteiger partial charge in [0.25, 0.3) is 5.91 Å². The molecule has 0 saturated carbocycles. The van der Waals surface area contributed by atoms with E-state index in [0.29, 0.717) is 29.1 Å². The Labute approximate surface area is 178 Å². The van der Waals surface area contributed by atoms with Crippen molar-refractivity contribution in [2.24, 2.45) is 0 Å². The molecule has 1 aliphatic rings. The number of aromatic nitrogens is 1. The first-order chi connectivity index (χ1) is 14.9. The van der Waals surface area contributed by atoms with Crippen molar-refractivity contribution >= 4 is 23.6 Å². The van der Waals surface area contributed by atoms with Gasteiger partial charge >= 0.3 is 5.97 Å². The predicted molar refractivity (Wildman–Crippen MR) is 112 cm³/mol. The van der Waals surface area contributed by atoms with Gasteiger partial charge in [-0.25, -0.2) is 4.79 Å². The number of likely N-dealkylation sites (N-methyl/N-ethyl adjacent to an activating group) is 1. The highest BCUT2D eigenvalue weighted by Crippen LogP contribution is 2.31. The Bertz CT molecular complexity index is 1140. The third-order valence-corrected chi connectivity index (χ3v) is 5.02. The number of benzene rings is 2. The summed E-state index contributed by atoms with van der Waals surface area (Å²) in [4.78, 5) is 38.8. The van der Waals surface area contributed by atoms with Crippen LogP contribution in [-0.2, 0) is 16.0 Å². The molecule has 8 nitrogen and oxygen atoms in total. The van der Waals surface area contributed by atoms with Crippen LogP contribution in [0.4, 0.5) is 5.82 Å². The van der Waals surface area contributed by atoms with Crippen LogP contribution in [0.25, 0.3) is 0 Å².